The van der Waals surface area contributed by atoms with Gasteiger partial charge in [-0.3, -0.25) is 9.97 Å². The third-order valence-corrected chi connectivity index (χ3v) is 4.71. The van der Waals surface area contributed by atoms with Crippen molar-refractivity contribution >= 4 is 11.8 Å². The molecule has 0 aromatic carbocycles. The second-order valence-corrected chi connectivity index (χ2v) is 6.11. The van der Waals surface area contributed by atoms with Gasteiger partial charge in [-0.2, -0.15) is 0 Å². The van der Waals surface area contributed by atoms with Gasteiger partial charge in [-0.25, -0.2) is 0 Å². The first kappa shape index (κ1) is 15.2. The zero-order valence-electron chi connectivity index (χ0n) is 11.6. The standard InChI is InChI=1S/C15H16N2O4S/c18-11-8-22-15(14(20)13(11)19)21-12-7-17-6-3-10(12)9-1-4-16-5-2-9/h1-7,11,13-15,18-20H,8H2/t11-,13+,14-,15+/m1/s1. The molecule has 2 aromatic heterocycles. The van der Waals surface area contributed by atoms with E-state index in [1.807, 2.05) is 18.2 Å². The van der Waals surface area contributed by atoms with Crippen molar-refractivity contribution in [3.63, 3.8) is 0 Å². The lowest BCUT2D eigenvalue weighted by molar-refractivity contribution is -0.0785. The molecule has 6 nitrogen and oxygen atoms in total. The summed E-state index contributed by atoms with van der Waals surface area (Å²) >= 11 is 1.26. The highest BCUT2D eigenvalue weighted by molar-refractivity contribution is 7.99. The van der Waals surface area contributed by atoms with Crippen LogP contribution in [0.25, 0.3) is 11.1 Å². The third kappa shape index (κ3) is 3.07. The van der Waals surface area contributed by atoms with E-state index in [0.717, 1.165) is 11.1 Å². The molecule has 22 heavy (non-hydrogen) atoms. The predicted octanol–water partition coefficient (Wildman–Crippen LogP) is 0.678. The predicted molar refractivity (Wildman–Crippen MR) is 82.4 cm³/mol. The number of nitrogens with zero attached hydrogens (tertiary/aromatic N) is 2. The Hall–Kier alpha value is -1.67. The summed E-state index contributed by atoms with van der Waals surface area (Å²) < 4.78 is 5.83. The lowest BCUT2D eigenvalue weighted by atomic mass is 10.1. The topological polar surface area (TPSA) is 95.7 Å². The highest BCUT2D eigenvalue weighted by Gasteiger charge is 2.38. The molecule has 0 unspecified atom stereocenters. The lowest BCUT2D eigenvalue weighted by Crippen LogP contribution is -2.50. The molecule has 0 amide bonds. The minimum Gasteiger partial charge on any atom is -0.475 e. The molecule has 0 saturated carbocycles. The van der Waals surface area contributed by atoms with Crippen LogP contribution in [-0.4, -0.2) is 54.8 Å². The van der Waals surface area contributed by atoms with E-state index in [1.165, 1.54) is 11.8 Å². The fraction of sp³-hybridized carbons (Fsp3) is 0.333. The van der Waals surface area contributed by atoms with Crippen LogP contribution < -0.4 is 4.74 Å². The molecule has 3 rings (SSSR count). The van der Waals surface area contributed by atoms with Crippen LogP contribution in [0, 0.1) is 0 Å². The Bertz CT molecular complexity index is 628. The van der Waals surface area contributed by atoms with Crippen molar-refractivity contribution in [2.75, 3.05) is 5.75 Å². The molecule has 3 heterocycles. The molecule has 3 N–H and O–H groups in total. The van der Waals surface area contributed by atoms with E-state index in [9.17, 15) is 15.3 Å². The van der Waals surface area contributed by atoms with Crippen molar-refractivity contribution in [1.29, 1.82) is 0 Å². The van der Waals surface area contributed by atoms with Crippen molar-refractivity contribution in [3.05, 3.63) is 43.0 Å². The molecule has 1 aliphatic heterocycles. The van der Waals surface area contributed by atoms with Gasteiger partial charge in [0.1, 0.15) is 18.0 Å². The normalized spacial score (nSPS) is 28.3. The van der Waals surface area contributed by atoms with Gasteiger partial charge in [-0.1, -0.05) is 0 Å². The maximum Gasteiger partial charge on any atom is 0.173 e. The van der Waals surface area contributed by atoms with Crippen molar-refractivity contribution in [2.24, 2.45) is 0 Å². The van der Waals surface area contributed by atoms with Crippen LogP contribution in [-0.2, 0) is 0 Å². The number of aliphatic hydroxyl groups excluding tert-OH is 3. The third-order valence-electron chi connectivity index (χ3n) is 3.47. The number of rotatable bonds is 3. The van der Waals surface area contributed by atoms with Gasteiger partial charge in [0.05, 0.1) is 12.3 Å². The zero-order valence-corrected chi connectivity index (χ0v) is 12.4. The molecule has 4 atom stereocenters. The number of hydrogen-bond donors (Lipinski definition) is 3. The molecule has 1 saturated heterocycles. The molecule has 2 aromatic rings. The largest absolute Gasteiger partial charge is 0.475 e. The van der Waals surface area contributed by atoms with E-state index in [4.69, 9.17) is 4.74 Å². The van der Waals surface area contributed by atoms with E-state index in [2.05, 4.69) is 9.97 Å². The minimum atomic E-state index is -1.22. The SMILES string of the molecule is O[C@@H]1[C@@H](O)[C@@H](Oc2cnccc2-c2ccncc2)SC[C@H]1O. The average Bonchev–Trinajstić information content (AvgIpc) is 2.57. The first-order valence-electron chi connectivity index (χ1n) is 6.83. The first-order valence-corrected chi connectivity index (χ1v) is 7.88. The minimum absolute atomic E-state index is 0.299. The van der Waals surface area contributed by atoms with Crippen LogP contribution in [0.3, 0.4) is 0 Å². The fourth-order valence-electron chi connectivity index (χ4n) is 2.25. The summed E-state index contributed by atoms with van der Waals surface area (Å²) in [6, 6.07) is 5.52. The van der Waals surface area contributed by atoms with Crippen molar-refractivity contribution < 1.29 is 20.1 Å². The van der Waals surface area contributed by atoms with Gasteiger partial charge < -0.3 is 20.1 Å². The van der Waals surface area contributed by atoms with Gasteiger partial charge in [0, 0.05) is 29.9 Å². The monoisotopic (exact) mass is 320 g/mol. The second kappa shape index (κ2) is 6.62. The number of pyridine rings is 2. The van der Waals surface area contributed by atoms with Crippen LogP contribution in [0.1, 0.15) is 0 Å². The van der Waals surface area contributed by atoms with E-state index < -0.39 is 23.7 Å². The molecule has 0 spiro atoms. The lowest BCUT2D eigenvalue weighted by Gasteiger charge is -2.34. The number of ether oxygens (including phenoxy) is 1. The molecule has 116 valence electrons. The zero-order chi connectivity index (χ0) is 15.5. The maximum absolute atomic E-state index is 10.0. The Labute approximate surface area is 131 Å². The quantitative estimate of drug-likeness (QED) is 0.765. The Morgan fingerprint density at radius 1 is 1.00 bits per heavy atom. The van der Waals surface area contributed by atoms with E-state index in [0.29, 0.717) is 11.5 Å². The summed E-state index contributed by atoms with van der Waals surface area (Å²) in [6.07, 6.45) is 3.26. The van der Waals surface area contributed by atoms with Gasteiger partial charge in [-0.05, 0) is 23.8 Å². The van der Waals surface area contributed by atoms with Crippen molar-refractivity contribution in [2.45, 2.75) is 23.7 Å². The molecule has 7 heteroatoms. The van der Waals surface area contributed by atoms with Crippen molar-refractivity contribution in [1.82, 2.24) is 9.97 Å². The molecule has 0 radical (unpaired) electrons. The highest BCUT2D eigenvalue weighted by atomic mass is 32.2. The summed E-state index contributed by atoms with van der Waals surface area (Å²) in [5.74, 6) is 0.808. The van der Waals surface area contributed by atoms with Crippen LogP contribution in [0.15, 0.2) is 43.0 Å². The smallest absolute Gasteiger partial charge is 0.173 e. The molecular weight excluding hydrogens is 304 g/mol. The average molecular weight is 320 g/mol. The van der Waals surface area contributed by atoms with E-state index >= 15 is 0 Å². The van der Waals surface area contributed by atoms with Crippen LogP contribution in [0.5, 0.6) is 5.75 Å². The van der Waals surface area contributed by atoms with E-state index in [1.54, 1.807) is 24.8 Å². The van der Waals surface area contributed by atoms with Gasteiger partial charge in [0.2, 0.25) is 0 Å². The Morgan fingerprint density at radius 2 is 1.73 bits per heavy atom. The summed E-state index contributed by atoms with van der Waals surface area (Å²) in [5.41, 5.74) is 1.08. The Morgan fingerprint density at radius 3 is 2.50 bits per heavy atom. The maximum atomic E-state index is 10.0. The van der Waals surface area contributed by atoms with E-state index in [-0.39, 0.29) is 0 Å². The van der Waals surface area contributed by atoms with Crippen molar-refractivity contribution in [3.8, 4) is 16.9 Å². The summed E-state index contributed by atoms with van der Waals surface area (Å²) in [4.78, 5) is 8.04. The molecule has 0 aliphatic carbocycles. The molecule has 0 bridgehead atoms. The molecule has 1 aliphatic rings. The molecular formula is C15H16N2O4S. The van der Waals surface area contributed by atoms with Crippen LogP contribution in [0.2, 0.25) is 0 Å². The Balaban J connectivity index is 1.84. The number of hydrogen-bond acceptors (Lipinski definition) is 7. The second-order valence-electron chi connectivity index (χ2n) is 4.98. The van der Waals surface area contributed by atoms with Gasteiger partial charge in [0.25, 0.3) is 0 Å². The summed E-state index contributed by atoms with van der Waals surface area (Å²) in [5, 5.41) is 29.4. The Kier molecular flexibility index (Phi) is 4.58. The van der Waals surface area contributed by atoms with Gasteiger partial charge in [0.15, 0.2) is 5.44 Å². The van der Waals surface area contributed by atoms with Crippen LogP contribution in [0.4, 0.5) is 0 Å². The number of aliphatic hydroxyl groups is 3. The fourth-order valence-corrected chi connectivity index (χ4v) is 3.37. The molecule has 1 fully saturated rings. The van der Waals surface area contributed by atoms with Gasteiger partial charge in [-0.15, -0.1) is 11.8 Å². The number of aromatic nitrogens is 2. The van der Waals surface area contributed by atoms with Gasteiger partial charge >= 0.3 is 0 Å². The summed E-state index contributed by atoms with van der Waals surface area (Å²) in [6.45, 7) is 0. The van der Waals surface area contributed by atoms with Crippen LogP contribution >= 0.6 is 11.8 Å². The first-order chi connectivity index (χ1) is 10.7. The highest BCUT2D eigenvalue weighted by Crippen LogP contribution is 2.34. The number of thioether (sulfide) groups is 1. The summed E-state index contributed by atoms with van der Waals surface area (Å²) in [7, 11) is 0.